The van der Waals surface area contributed by atoms with Crippen molar-refractivity contribution in [3.8, 4) is 22.3 Å². The fraction of sp³-hybridized carbons (Fsp3) is 0.0714. The number of fused-ring (bicyclic) bond motifs is 2. The lowest BCUT2D eigenvalue weighted by molar-refractivity contribution is 0.594. The third kappa shape index (κ3) is 9.43. The number of nitrogen functional groups attached to an aromatic ring is 1. The molecule has 25 heteroatoms. The number of nitrogens with two attached hydrogens (primary N) is 3. The molecule has 0 bridgehead atoms. The number of rotatable bonds is 6. The van der Waals surface area contributed by atoms with Crippen LogP contribution in [0.3, 0.4) is 0 Å². The summed E-state index contributed by atoms with van der Waals surface area (Å²) in [7, 11) is -3.87. The van der Waals surface area contributed by atoms with E-state index in [1.54, 1.807) is 46.2 Å². The summed E-state index contributed by atoms with van der Waals surface area (Å²) in [5.74, 6) is 0.486. The van der Waals surface area contributed by atoms with Crippen molar-refractivity contribution in [1.82, 2.24) is 59.9 Å². The highest BCUT2D eigenvalue weighted by Gasteiger charge is 2.16. The van der Waals surface area contributed by atoms with Crippen LogP contribution in [0.15, 0.2) is 82.3 Å². The number of primary sulfonamides is 2. The van der Waals surface area contributed by atoms with Gasteiger partial charge in [0.2, 0.25) is 18.9 Å². The molecule has 0 radical (unpaired) electrons. The molecule has 0 aliphatic rings. The maximum Gasteiger partial charge on any atom is 0.267 e. The van der Waals surface area contributed by atoms with Crippen molar-refractivity contribution >= 4 is 92.5 Å². The van der Waals surface area contributed by atoms with E-state index in [4.69, 9.17) is 27.6 Å². The van der Waals surface area contributed by atoms with E-state index < -0.39 is 20.0 Å². The number of halogens is 1. The van der Waals surface area contributed by atoms with Gasteiger partial charge in [-0.05, 0) is 36.4 Å². The predicted molar refractivity (Wildman–Crippen MR) is 199 cm³/mol. The molecule has 53 heavy (non-hydrogen) atoms. The lowest BCUT2D eigenvalue weighted by Gasteiger charge is -2.04. The number of hydrogen-bond acceptors (Lipinski definition) is 18. The van der Waals surface area contributed by atoms with Crippen LogP contribution in [0.1, 0.15) is 0 Å². The fourth-order valence-corrected chi connectivity index (χ4v) is 7.05. The molecule has 0 unspecified atom stereocenters. The summed E-state index contributed by atoms with van der Waals surface area (Å²) in [4.78, 5) is 17.5. The van der Waals surface area contributed by atoms with Gasteiger partial charge in [-0.25, -0.2) is 37.1 Å². The summed E-state index contributed by atoms with van der Waals surface area (Å²) in [5.41, 5.74) is 12.0. The zero-order chi connectivity index (χ0) is 37.9. The number of anilines is 3. The first kappa shape index (κ1) is 37.1. The van der Waals surface area contributed by atoms with Crippen molar-refractivity contribution < 1.29 is 16.8 Å². The molecule has 0 saturated heterocycles. The third-order valence-electron chi connectivity index (χ3n) is 6.67. The van der Waals surface area contributed by atoms with Crippen LogP contribution in [0.4, 0.5) is 16.1 Å². The Bertz CT molecular complexity index is 2800. The summed E-state index contributed by atoms with van der Waals surface area (Å²) in [6.45, 7) is 0. The molecule has 20 nitrogen and oxygen atoms in total. The molecule has 0 aliphatic carbocycles. The number of aromatic nitrogens is 12. The first-order valence-electron chi connectivity index (χ1n) is 14.5. The molecule has 8 heterocycles. The highest BCUT2D eigenvalue weighted by molar-refractivity contribution is 7.91. The van der Waals surface area contributed by atoms with E-state index in [9.17, 15) is 16.8 Å². The number of hydrogen-bond donors (Lipinski definition) is 4. The molecular formula is C28H25ClN16O4S4. The quantitative estimate of drug-likeness (QED) is 0.175. The minimum absolute atomic E-state index is 0.0871. The summed E-state index contributed by atoms with van der Waals surface area (Å²) in [6.07, 6.45) is 11.0. The van der Waals surface area contributed by atoms with Crippen molar-refractivity contribution in [2.24, 2.45) is 24.4 Å². The summed E-state index contributed by atoms with van der Waals surface area (Å²) >= 11 is 7.43. The Hall–Kier alpha value is -5.63. The van der Waals surface area contributed by atoms with Crippen LogP contribution in [0, 0.1) is 0 Å². The number of sulfonamides is 2. The Morgan fingerprint density at radius 2 is 1.19 bits per heavy atom. The largest absolute Gasteiger partial charge is 0.374 e. The van der Waals surface area contributed by atoms with E-state index in [0.29, 0.717) is 16.5 Å². The Morgan fingerprint density at radius 1 is 0.660 bits per heavy atom. The molecular weight excluding hydrogens is 788 g/mol. The van der Waals surface area contributed by atoms with Crippen molar-refractivity contribution in [3.63, 3.8) is 0 Å². The van der Waals surface area contributed by atoms with E-state index in [2.05, 4.69) is 55.8 Å². The second kappa shape index (κ2) is 15.2. The minimum atomic E-state index is -3.88. The second-order valence-corrected chi connectivity index (χ2v) is 16.5. The Labute approximate surface area is 312 Å². The van der Waals surface area contributed by atoms with Gasteiger partial charge in [-0.15, -0.1) is 20.4 Å². The van der Waals surface area contributed by atoms with Gasteiger partial charge in [0.15, 0.2) is 0 Å². The van der Waals surface area contributed by atoms with Crippen LogP contribution >= 0.6 is 34.3 Å². The van der Waals surface area contributed by atoms with Gasteiger partial charge in [-0.2, -0.15) is 10.2 Å². The lowest BCUT2D eigenvalue weighted by Crippen LogP contribution is -2.11. The highest BCUT2D eigenvalue weighted by atomic mass is 35.5. The van der Waals surface area contributed by atoms with Crippen LogP contribution in [0.2, 0.25) is 5.15 Å². The first-order chi connectivity index (χ1) is 25.1. The first-order valence-corrected chi connectivity index (χ1v) is 19.6. The molecule has 0 amide bonds. The SMILES string of the molecule is Cn1cc(-c2cnc3ccc(Cl)nc3c2)cn1.Cn1cc(-c2cnc3ccc(Nc4nnc(S(N)(=O)=O)s4)nc3c2)cn1.Nc1nnc(S(N)(=O)=O)s1. The van der Waals surface area contributed by atoms with Gasteiger partial charge in [0.05, 0.1) is 34.5 Å². The van der Waals surface area contributed by atoms with E-state index in [0.717, 1.165) is 61.5 Å². The Kier molecular flexibility index (Phi) is 10.6. The van der Waals surface area contributed by atoms with Crippen LogP contribution in [0.25, 0.3) is 44.3 Å². The Balaban J connectivity index is 0.000000152. The average Bonchev–Trinajstić information content (AvgIpc) is 3.93. The number of pyridine rings is 4. The molecule has 8 rings (SSSR count). The van der Waals surface area contributed by atoms with Crippen LogP contribution in [-0.2, 0) is 34.1 Å². The van der Waals surface area contributed by atoms with E-state index in [-0.39, 0.29) is 18.9 Å². The smallest absolute Gasteiger partial charge is 0.267 e. The molecule has 0 aromatic carbocycles. The standard InChI is InChI=1S/C14H12N8O2S2.C12H9ClN4.C2H4N4O2S2/c1-22-7-9(6-17-22)8-4-11-10(16-5-8)2-3-12(18-11)19-13-20-21-14(25-13)26(15,23)24;1-17-7-9(6-15-17)8-4-11-10(14-5-8)2-3-12(13)16-11;3-1-5-6-2(9-1)10(4,7)8/h2-7H,1H3,(H2,15,23,24)(H,18,19,20);2-7H,1H3;(H2,3,5)(H2,4,7,8). The molecule has 0 saturated carbocycles. The zero-order valence-corrected chi connectivity index (χ0v) is 31.2. The van der Waals surface area contributed by atoms with Crippen LogP contribution in [0.5, 0.6) is 0 Å². The molecule has 0 atom stereocenters. The molecule has 272 valence electrons. The van der Waals surface area contributed by atoms with Crippen LogP contribution < -0.4 is 21.3 Å². The van der Waals surface area contributed by atoms with Gasteiger partial charge in [0.25, 0.3) is 20.0 Å². The second-order valence-electron chi connectivity index (χ2n) is 10.7. The van der Waals surface area contributed by atoms with Gasteiger partial charge in [0, 0.05) is 61.1 Å². The molecule has 0 aliphatic heterocycles. The lowest BCUT2D eigenvalue weighted by atomic mass is 10.1. The number of aryl methyl sites for hydroxylation is 2. The molecule has 7 N–H and O–H groups in total. The van der Waals surface area contributed by atoms with Crippen LogP contribution in [-0.4, -0.2) is 76.7 Å². The molecule has 8 aromatic heterocycles. The average molecular weight is 813 g/mol. The molecule has 8 aromatic rings. The van der Waals surface area contributed by atoms with Crippen molar-refractivity contribution in [1.29, 1.82) is 0 Å². The van der Waals surface area contributed by atoms with Gasteiger partial charge >= 0.3 is 0 Å². The fourth-order valence-electron chi connectivity index (χ4n) is 4.33. The number of nitrogens with one attached hydrogen (secondary N) is 1. The zero-order valence-electron chi connectivity index (χ0n) is 27.2. The monoisotopic (exact) mass is 812 g/mol. The van der Waals surface area contributed by atoms with Crippen molar-refractivity contribution in [3.05, 3.63) is 78.7 Å². The molecule has 0 fully saturated rings. The highest BCUT2D eigenvalue weighted by Crippen LogP contribution is 2.26. The number of nitrogens with zero attached hydrogens (tertiary/aromatic N) is 12. The minimum Gasteiger partial charge on any atom is -0.374 e. The van der Waals surface area contributed by atoms with Gasteiger partial charge < -0.3 is 11.1 Å². The summed E-state index contributed by atoms with van der Waals surface area (Å²) < 4.78 is 46.4. The van der Waals surface area contributed by atoms with E-state index in [1.165, 1.54) is 0 Å². The topological polar surface area (TPSA) is 297 Å². The van der Waals surface area contributed by atoms with Gasteiger partial charge in [-0.1, -0.05) is 34.3 Å². The van der Waals surface area contributed by atoms with Crippen molar-refractivity contribution in [2.75, 3.05) is 11.1 Å². The summed E-state index contributed by atoms with van der Waals surface area (Å²) in [5, 5.41) is 35.6. The third-order valence-corrected chi connectivity index (χ3v) is 11.1. The van der Waals surface area contributed by atoms with Gasteiger partial charge in [-0.3, -0.25) is 19.3 Å². The normalized spacial score (nSPS) is 11.5. The maximum atomic E-state index is 11.3. The Morgan fingerprint density at radius 3 is 1.66 bits per heavy atom. The predicted octanol–water partition coefficient (Wildman–Crippen LogP) is 2.72. The van der Waals surface area contributed by atoms with Crippen molar-refractivity contribution in [2.45, 2.75) is 8.68 Å². The van der Waals surface area contributed by atoms with E-state index >= 15 is 0 Å². The maximum absolute atomic E-state index is 11.3. The molecule has 0 spiro atoms. The summed E-state index contributed by atoms with van der Waals surface area (Å²) in [6, 6.07) is 11.0. The van der Waals surface area contributed by atoms with Gasteiger partial charge in [0.1, 0.15) is 11.0 Å². The van der Waals surface area contributed by atoms with E-state index in [1.807, 2.05) is 50.9 Å².